The Morgan fingerprint density at radius 3 is 2.61 bits per heavy atom. The van der Waals surface area contributed by atoms with Gasteiger partial charge in [0.05, 0.1) is 6.61 Å². The van der Waals surface area contributed by atoms with Crippen molar-refractivity contribution in [1.82, 2.24) is 15.2 Å². The number of aromatic nitrogens is 3. The Morgan fingerprint density at radius 2 is 2.00 bits per heavy atom. The number of anilines is 1. The number of hydrogen-bond acceptors (Lipinski definition) is 5. The van der Waals surface area contributed by atoms with Gasteiger partial charge in [-0.2, -0.15) is 0 Å². The summed E-state index contributed by atoms with van der Waals surface area (Å²) in [5, 5.41) is 8.02. The van der Waals surface area contributed by atoms with Crippen LogP contribution in [0.25, 0.3) is 11.3 Å². The van der Waals surface area contributed by atoms with Gasteiger partial charge in [0.25, 0.3) is 0 Å². The third-order valence-corrected chi connectivity index (χ3v) is 2.57. The van der Waals surface area contributed by atoms with E-state index < -0.39 is 0 Å². The van der Waals surface area contributed by atoms with Gasteiger partial charge in [0, 0.05) is 5.56 Å². The highest BCUT2D eigenvalue weighted by atomic mass is 16.5. The van der Waals surface area contributed by atoms with Crippen LogP contribution < -0.4 is 10.5 Å². The van der Waals surface area contributed by atoms with E-state index in [4.69, 9.17) is 10.5 Å². The van der Waals surface area contributed by atoms with E-state index in [-0.39, 0.29) is 0 Å². The molecule has 0 bridgehead atoms. The number of rotatable bonds is 3. The molecule has 0 saturated carbocycles. The van der Waals surface area contributed by atoms with E-state index in [9.17, 15) is 0 Å². The molecule has 0 amide bonds. The minimum atomic E-state index is 0.394. The highest BCUT2D eigenvalue weighted by Gasteiger charge is 2.09. The molecule has 1 aromatic heterocycles. The van der Waals surface area contributed by atoms with Crippen LogP contribution in [0.3, 0.4) is 0 Å². The van der Waals surface area contributed by atoms with Crippen molar-refractivity contribution in [2.75, 3.05) is 12.3 Å². The Balaban J connectivity index is 2.42. The molecule has 5 nitrogen and oxygen atoms in total. The standard InChI is InChI=1S/C13H16N4O/c1-4-18-11-6-5-10(7-8(11)2)12-13(14)15-9(3)16-17-12/h5-7H,4H2,1-3H3,(H2,14,15,16). The highest BCUT2D eigenvalue weighted by Crippen LogP contribution is 2.27. The fourth-order valence-corrected chi connectivity index (χ4v) is 1.74. The van der Waals surface area contributed by atoms with Crippen LogP contribution in [0, 0.1) is 13.8 Å². The second kappa shape index (κ2) is 5.00. The predicted octanol–water partition coefficient (Wildman–Crippen LogP) is 2.14. The van der Waals surface area contributed by atoms with E-state index in [0.717, 1.165) is 16.9 Å². The zero-order valence-electron chi connectivity index (χ0n) is 10.8. The van der Waals surface area contributed by atoms with Crippen molar-refractivity contribution in [3.63, 3.8) is 0 Å². The van der Waals surface area contributed by atoms with Crippen LogP contribution in [0.5, 0.6) is 5.75 Å². The molecule has 0 atom stereocenters. The Kier molecular flexibility index (Phi) is 3.41. The van der Waals surface area contributed by atoms with Gasteiger partial charge in [-0.15, -0.1) is 10.2 Å². The molecule has 2 N–H and O–H groups in total. The second-order valence-electron chi connectivity index (χ2n) is 4.01. The highest BCUT2D eigenvalue weighted by molar-refractivity contribution is 5.70. The van der Waals surface area contributed by atoms with E-state index in [2.05, 4.69) is 15.2 Å². The molecule has 0 radical (unpaired) electrons. The zero-order valence-corrected chi connectivity index (χ0v) is 10.8. The molecule has 1 heterocycles. The van der Waals surface area contributed by atoms with Gasteiger partial charge in [-0.1, -0.05) is 0 Å². The second-order valence-corrected chi connectivity index (χ2v) is 4.01. The third-order valence-electron chi connectivity index (χ3n) is 2.57. The molecule has 18 heavy (non-hydrogen) atoms. The molecule has 0 aliphatic rings. The molecule has 0 aliphatic carbocycles. The summed E-state index contributed by atoms with van der Waals surface area (Å²) in [5.74, 6) is 1.83. The minimum absolute atomic E-state index is 0.394. The molecule has 0 unspecified atom stereocenters. The summed E-state index contributed by atoms with van der Waals surface area (Å²) in [6, 6.07) is 5.80. The maximum atomic E-state index is 5.86. The summed E-state index contributed by atoms with van der Waals surface area (Å²) >= 11 is 0. The molecule has 5 heteroatoms. The lowest BCUT2D eigenvalue weighted by Gasteiger charge is -2.09. The molecule has 2 rings (SSSR count). The van der Waals surface area contributed by atoms with Crippen LogP contribution in [0.2, 0.25) is 0 Å². The molecule has 0 aliphatic heterocycles. The zero-order chi connectivity index (χ0) is 13.1. The van der Waals surface area contributed by atoms with Gasteiger partial charge in [-0.25, -0.2) is 4.98 Å². The normalized spacial score (nSPS) is 10.4. The van der Waals surface area contributed by atoms with Crippen molar-refractivity contribution < 1.29 is 4.74 Å². The average Bonchev–Trinajstić information content (AvgIpc) is 2.32. The average molecular weight is 244 g/mol. The van der Waals surface area contributed by atoms with Crippen LogP contribution in [0.1, 0.15) is 18.3 Å². The van der Waals surface area contributed by atoms with E-state index >= 15 is 0 Å². The first-order valence-electron chi connectivity index (χ1n) is 5.82. The maximum absolute atomic E-state index is 5.86. The van der Waals surface area contributed by atoms with Gasteiger partial charge in [0.2, 0.25) is 0 Å². The summed E-state index contributed by atoms with van der Waals surface area (Å²) in [4.78, 5) is 4.11. The van der Waals surface area contributed by atoms with Gasteiger partial charge in [0.1, 0.15) is 17.3 Å². The lowest BCUT2D eigenvalue weighted by Crippen LogP contribution is -2.02. The van der Waals surface area contributed by atoms with Crippen LogP contribution in [-0.2, 0) is 0 Å². The van der Waals surface area contributed by atoms with Crippen LogP contribution in [0.15, 0.2) is 18.2 Å². The van der Waals surface area contributed by atoms with E-state index in [1.54, 1.807) is 6.92 Å². The topological polar surface area (TPSA) is 73.9 Å². The molecule has 0 spiro atoms. The van der Waals surface area contributed by atoms with Crippen molar-refractivity contribution in [3.05, 3.63) is 29.6 Å². The number of nitrogens with two attached hydrogens (primary N) is 1. The smallest absolute Gasteiger partial charge is 0.154 e. The van der Waals surface area contributed by atoms with Crippen molar-refractivity contribution in [2.45, 2.75) is 20.8 Å². The third kappa shape index (κ3) is 2.40. The molecule has 0 saturated heterocycles. The van der Waals surface area contributed by atoms with E-state index in [1.165, 1.54) is 0 Å². The Bertz CT molecular complexity index is 569. The number of nitrogen functional groups attached to an aromatic ring is 1. The Labute approximate surface area is 106 Å². The molecule has 0 fully saturated rings. The molecular formula is C13H16N4O. The number of ether oxygens (including phenoxy) is 1. The number of aryl methyl sites for hydroxylation is 2. The van der Waals surface area contributed by atoms with Crippen LogP contribution in [0.4, 0.5) is 5.82 Å². The maximum Gasteiger partial charge on any atom is 0.154 e. The monoisotopic (exact) mass is 244 g/mol. The van der Waals surface area contributed by atoms with Crippen molar-refractivity contribution >= 4 is 5.82 Å². The number of benzene rings is 1. The summed E-state index contributed by atoms with van der Waals surface area (Å²) in [6.45, 7) is 6.35. The first-order chi connectivity index (χ1) is 8.61. The minimum Gasteiger partial charge on any atom is -0.494 e. The molecule has 2 aromatic rings. The first-order valence-corrected chi connectivity index (χ1v) is 5.82. The summed E-state index contributed by atoms with van der Waals surface area (Å²) < 4.78 is 5.49. The van der Waals surface area contributed by atoms with E-state index in [0.29, 0.717) is 23.9 Å². The molecular weight excluding hydrogens is 228 g/mol. The van der Waals surface area contributed by atoms with E-state index in [1.807, 2.05) is 32.0 Å². The lowest BCUT2D eigenvalue weighted by molar-refractivity contribution is 0.338. The fourth-order valence-electron chi connectivity index (χ4n) is 1.74. The molecule has 1 aromatic carbocycles. The van der Waals surface area contributed by atoms with Crippen LogP contribution in [-0.4, -0.2) is 21.8 Å². The first kappa shape index (κ1) is 12.3. The van der Waals surface area contributed by atoms with Gasteiger partial charge >= 0.3 is 0 Å². The summed E-state index contributed by atoms with van der Waals surface area (Å²) in [6.07, 6.45) is 0. The predicted molar refractivity (Wildman–Crippen MR) is 70.3 cm³/mol. The largest absolute Gasteiger partial charge is 0.494 e. The van der Waals surface area contributed by atoms with Crippen molar-refractivity contribution in [2.24, 2.45) is 0 Å². The van der Waals surface area contributed by atoms with Gasteiger partial charge in [-0.05, 0) is 44.5 Å². The van der Waals surface area contributed by atoms with Crippen molar-refractivity contribution in [1.29, 1.82) is 0 Å². The van der Waals surface area contributed by atoms with Crippen LogP contribution >= 0.6 is 0 Å². The van der Waals surface area contributed by atoms with Crippen molar-refractivity contribution in [3.8, 4) is 17.0 Å². The lowest BCUT2D eigenvalue weighted by atomic mass is 10.1. The number of nitrogens with zero attached hydrogens (tertiary/aromatic N) is 3. The quantitative estimate of drug-likeness (QED) is 0.895. The Morgan fingerprint density at radius 1 is 1.22 bits per heavy atom. The van der Waals surface area contributed by atoms with Gasteiger partial charge in [0.15, 0.2) is 5.82 Å². The summed E-state index contributed by atoms with van der Waals surface area (Å²) in [7, 11) is 0. The number of hydrogen-bond donors (Lipinski definition) is 1. The fraction of sp³-hybridized carbons (Fsp3) is 0.308. The summed E-state index contributed by atoms with van der Waals surface area (Å²) in [5.41, 5.74) is 8.39. The Hall–Kier alpha value is -2.17. The van der Waals surface area contributed by atoms with Gasteiger partial charge < -0.3 is 10.5 Å². The molecule has 94 valence electrons. The SMILES string of the molecule is CCOc1ccc(-c2nnc(C)nc2N)cc1C. The van der Waals surface area contributed by atoms with Gasteiger partial charge in [-0.3, -0.25) is 0 Å².